The van der Waals surface area contributed by atoms with Gasteiger partial charge in [0, 0.05) is 10.4 Å². The Labute approximate surface area is 120 Å². The molecule has 20 heavy (non-hydrogen) atoms. The van der Waals surface area contributed by atoms with Crippen molar-refractivity contribution in [3.05, 3.63) is 70.9 Å². The number of hydrogen-bond donors (Lipinski definition) is 0. The summed E-state index contributed by atoms with van der Waals surface area (Å²) >= 11 is 1.60. The van der Waals surface area contributed by atoms with Gasteiger partial charge in [0.25, 0.3) is 0 Å². The number of benzene rings is 1. The first-order valence-corrected chi connectivity index (χ1v) is 6.92. The normalized spacial score (nSPS) is 11.0. The average molecular weight is 281 g/mol. The first-order valence-electron chi connectivity index (χ1n) is 6.04. The predicted octanol–water partition coefficient (Wildman–Crippen LogP) is 3.22. The number of nitrogens with zero attached hydrogens (tertiary/aromatic N) is 3. The van der Waals surface area contributed by atoms with E-state index >= 15 is 0 Å². The lowest BCUT2D eigenvalue weighted by Gasteiger charge is -2.01. The zero-order chi connectivity index (χ0) is 13.8. The van der Waals surface area contributed by atoms with Gasteiger partial charge in [0.2, 0.25) is 0 Å². The van der Waals surface area contributed by atoms with Crippen molar-refractivity contribution in [1.29, 1.82) is 0 Å². The molecule has 5 heteroatoms. The van der Waals surface area contributed by atoms with Gasteiger partial charge in [-0.2, -0.15) is 5.10 Å². The summed E-state index contributed by atoms with van der Waals surface area (Å²) in [5, 5.41) is 6.02. The third kappa shape index (κ3) is 2.73. The van der Waals surface area contributed by atoms with E-state index in [0.717, 1.165) is 10.6 Å². The summed E-state index contributed by atoms with van der Waals surface area (Å²) in [6, 6.07) is 11.2. The van der Waals surface area contributed by atoms with Crippen molar-refractivity contribution in [1.82, 2.24) is 14.8 Å². The third-order valence-corrected chi connectivity index (χ3v) is 3.61. The van der Waals surface area contributed by atoms with E-state index < -0.39 is 0 Å². The first kappa shape index (κ1) is 12.5. The Kier molecular flexibility index (Phi) is 3.52. The Hall–Kier alpha value is -2.53. The van der Waals surface area contributed by atoms with Gasteiger partial charge in [-0.3, -0.25) is 4.79 Å². The lowest BCUT2D eigenvalue weighted by atomic mass is 10.1. The van der Waals surface area contributed by atoms with Crippen LogP contribution in [0.5, 0.6) is 0 Å². The van der Waals surface area contributed by atoms with Crippen LogP contribution in [0.3, 0.4) is 0 Å². The van der Waals surface area contributed by atoms with Crippen LogP contribution in [0, 0.1) is 0 Å². The van der Waals surface area contributed by atoms with Gasteiger partial charge in [0.05, 0.1) is 5.69 Å². The van der Waals surface area contributed by atoms with E-state index in [4.69, 9.17) is 0 Å². The molecule has 3 aromatic rings. The summed E-state index contributed by atoms with van der Waals surface area (Å²) < 4.78 is 1.65. The smallest absolute Gasteiger partial charge is 0.185 e. The molecule has 0 aliphatic rings. The zero-order valence-corrected chi connectivity index (χ0v) is 11.3. The lowest BCUT2D eigenvalue weighted by molar-refractivity contribution is 0.104. The molecule has 0 aliphatic heterocycles. The highest BCUT2D eigenvalue weighted by molar-refractivity contribution is 7.10. The third-order valence-electron chi connectivity index (χ3n) is 2.78. The van der Waals surface area contributed by atoms with Gasteiger partial charge in [-0.15, -0.1) is 11.3 Å². The largest absolute Gasteiger partial charge is 0.289 e. The Morgan fingerprint density at radius 1 is 1.20 bits per heavy atom. The second kappa shape index (κ2) is 5.63. The van der Waals surface area contributed by atoms with Crippen molar-refractivity contribution < 1.29 is 4.79 Å². The van der Waals surface area contributed by atoms with E-state index in [2.05, 4.69) is 10.1 Å². The minimum absolute atomic E-state index is 0.0106. The lowest BCUT2D eigenvalue weighted by Crippen LogP contribution is -1.97. The highest BCUT2D eigenvalue weighted by Crippen LogP contribution is 2.13. The van der Waals surface area contributed by atoms with Crippen LogP contribution in [-0.4, -0.2) is 20.5 Å². The number of allylic oxidation sites excluding steroid dienone is 1. The van der Waals surface area contributed by atoms with Gasteiger partial charge in [-0.25, -0.2) is 9.67 Å². The summed E-state index contributed by atoms with van der Waals surface area (Å²) in [6.07, 6.45) is 6.52. The molecular weight excluding hydrogens is 270 g/mol. The molecule has 0 fully saturated rings. The first-order chi connectivity index (χ1) is 9.83. The van der Waals surface area contributed by atoms with Crippen LogP contribution in [0.15, 0.2) is 60.5 Å². The molecule has 0 N–H and O–H groups in total. The fourth-order valence-corrected chi connectivity index (χ4v) is 2.38. The maximum absolute atomic E-state index is 12.0. The highest BCUT2D eigenvalue weighted by Gasteiger charge is 2.03. The molecule has 2 aromatic heterocycles. The number of carbonyl (C=O) groups is 1. The van der Waals surface area contributed by atoms with Gasteiger partial charge in [0.1, 0.15) is 12.7 Å². The van der Waals surface area contributed by atoms with E-state index in [9.17, 15) is 4.79 Å². The van der Waals surface area contributed by atoms with Crippen molar-refractivity contribution in [2.45, 2.75) is 0 Å². The van der Waals surface area contributed by atoms with Crippen LogP contribution >= 0.6 is 11.3 Å². The molecule has 0 amide bonds. The number of rotatable bonds is 4. The van der Waals surface area contributed by atoms with Crippen LogP contribution < -0.4 is 0 Å². The second-order valence-electron chi connectivity index (χ2n) is 4.10. The van der Waals surface area contributed by atoms with Gasteiger partial charge in [-0.05, 0) is 47.9 Å². The van der Waals surface area contributed by atoms with Gasteiger partial charge in [-0.1, -0.05) is 6.07 Å². The number of aromatic nitrogens is 3. The fraction of sp³-hybridized carbons (Fsp3) is 0. The summed E-state index contributed by atoms with van der Waals surface area (Å²) in [4.78, 5) is 17.0. The Morgan fingerprint density at radius 2 is 2.05 bits per heavy atom. The molecule has 3 rings (SSSR count). The van der Waals surface area contributed by atoms with Crippen molar-refractivity contribution in [2.24, 2.45) is 0 Å². The molecule has 98 valence electrons. The average Bonchev–Trinajstić information content (AvgIpc) is 3.18. The minimum Gasteiger partial charge on any atom is -0.289 e. The number of thiophene rings is 1. The van der Waals surface area contributed by atoms with Gasteiger partial charge in [0.15, 0.2) is 5.78 Å². The van der Waals surface area contributed by atoms with Crippen molar-refractivity contribution in [3.8, 4) is 5.69 Å². The molecule has 0 unspecified atom stereocenters. The van der Waals surface area contributed by atoms with E-state index in [-0.39, 0.29) is 5.78 Å². The highest BCUT2D eigenvalue weighted by atomic mass is 32.1. The SMILES string of the molecule is O=C(C=Cc1cccs1)c1ccc(-n2cncn2)cc1. The number of carbonyl (C=O) groups excluding carboxylic acids is 1. The van der Waals surface area contributed by atoms with Crippen LogP contribution in [0.4, 0.5) is 0 Å². The molecule has 1 aromatic carbocycles. The number of ketones is 1. The summed E-state index contributed by atoms with van der Waals surface area (Å²) in [5.74, 6) is -0.0106. The van der Waals surface area contributed by atoms with Gasteiger partial charge < -0.3 is 0 Å². The van der Waals surface area contributed by atoms with Crippen LogP contribution in [-0.2, 0) is 0 Å². The molecule has 0 spiro atoms. The maximum atomic E-state index is 12.0. The van der Waals surface area contributed by atoms with E-state index in [0.29, 0.717) is 5.56 Å². The monoisotopic (exact) mass is 281 g/mol. The fourth-order valence-electron chi connectivity index (χ4n) is 1.76. The Balaban J connectivity index is 1.76. The minimum atomic E-state index is -0.0106. The van der Waals surface area contributed by atoms with Crippen molar-refractivity contribution >= 4 is 23.2 Å². The van der Waals surface area contributed by atoms with Crippen molar-refractivity contribution in [2.75, 3.05) is 0 Å². The maximum Gasteiger partial charge on any atom is 0.185 e. The Morgan fingerprint density at radius 3 is 2.70 bits per heavy atom. The quantitative estimate of drug-likeness (QED) is 0.545. The van der Waals surface area contributed by atoms with Gasteiger partial charge >= 0.3 is 0 Å². The predicted molar refractivity (Wildman–Crippen MR) is 79.0 cm³/mol. The molecular formula is C15H11N3OS. The van der Waals surface area contributed by atoms with E-state index in [1.54, 1.807) is 40.6 Å². The Bertz CT molecular complexity index is 713. The summed E-state index contributed by atoms with van der Waals surface area (Å²) in [6.45, 7) is 0. The molecule has 0 atom stereocenters. The summed E-state index contributed by atoms with van der Waals surface area (Å²) in [7, 11) is 0. The van der Waals surface area contributed by atoms with Crippen LogP contribution in [0.2, 0.25) is 0 Å². The van der Waals surface area contributed by atoms with E-state index in [1.165, 1.54) is 6.33 Å². The number of hydrogen-bond acceptors (Lipinski definition) is 4. The van der Waals surface area contributed by atoms with Crippen molar-refractivity contribution in [3.63, 3.8) is 0 Å². The molecule has 0 saturated heterocycles. The molecule has 0 aliphatic carbocycles. The molecule has 0 radical (unpaired) electrons. The molecule has 2 heterocycles. The van der Waals surface area contributed by atoms with Crippen LogP contribution in [0.1, 0.15) is 15.2 Å². The molecule has 4 nitrogen and oxygen atoms in total. The summed E-state index contributed by atoms with van der Waals surface area (Å²) in [5.41, 5.74) is 1.53. The zero-order valence-electron chi connectivity index (χ0n) is 10.5. The molecule has 0 saturated carbocycles. The molecule has 0 bridgehead atoms. The standard InChI is InChI=1S/C15H11N3OS/c19-15(8-7-14-2-1-9-20-14)12-3-5-13(6-4-12)18-11-16-10-17-18/h1-11H. The topological polar surface area (TPSA) is 47.8 Å². The second-order valence-corrected chi connectivity index (χ2v) is 5.08. The van der Waals surface area contributed by atoms with E-state index in [1.807, 2.05) is 35.7 Å². The van der Waals surface area contributed by atoms with Crippen LogP contribution in [0.25, 0.3) is 11.8 Å².